The van der Waals surface area contributed by atoms with Gasteiger partial charge in [0.1, 0.15) is 0 Å². The Bertz CT molecular complexity index is 1970. The Morgan fingerprint density at radius 3 is 2.14 bits per heavy atom. The monoisotopic (exact) mass is 554 g/mol. The Hall–Kier alpha value is -5.32. The minimum atomic E-state index is -0.126. The Morgan fingerprint density at radius 2 is 1.37 bits per heavy atom. The van der Waals surface area contributed by atoms with E-state index in [-0.39, 0.29) is 17.5 Å². The summed E-state index contributed by atoms with van der Waals surface area (Å²) in [5.41, 5.74) is 9.93. The SMILES string of the molecule is C[C@@]12CCC=C[C@H]1c1ccccc1N2c1cc(C#N)cc(-c2cc(C#N)cc(N3c4ccccc4C4C=CC=CC43)c2)c1. The molecular formula is C39H30N4. The maximum absolute atomic E-state index is 10.2. The third-order valence-corrected chi connectivity index (χ3v) is 9.76. The second kappa shape index (κ2) is 9.62. The normalized spacial score (nSPS) is 24.1. The molecular weight excluding hydrogens is 524 g/mol. The molecule has 0 aromatic heterocycles. The number of anilines is 4. The molecule has 0 saturated heterocycles. The highest BCUT2D eigenvalue weighted by molar-refractivity contribution is 5.83. The Labute approximate surface area is 252 Å². The van der Waals surface area contributed by atoms with Crippen LogP contribution in [0, 0.1) is 22.7 Å². The topological polar surface area (TPSA) is 54.1 Å². The second-order valence-electron chi connectivity index (χ2n) is 12.2. The van der Waals surface area contributed by atoms with Crippen LogP contribution in [0.1, 0.15) is 53.9 Å². The molecule has 4 nitrogen and oxygen atoms in total. The minimum absolute atomic E-state index is 0.126. The molecule has 0 spiro atoms. The number of rotatable bonds is 3. The number of hydrogen-bond donors (Lipinski definition) is 0. The molecule has 0 bridgehead atoms. The average molecular weight is 555 g/mol. The molecule has 4 atom stereocenters. The molecule has 206 valence electrons. The fourth-order valence-electron chi connectivity index (χ4n) is 7.87. The molecule has 2 aliphatic carbocycles. The summed E-state index contributed by atoms with van der Waals surface area (Å²) in [6.45, 7) is 2.35. The lowest BCUT2D eigenvalue weighted by Crippen LogP contribution is -2.44. The summed E-state index contributed by atoms with van der Waals surface area (Å²) >= 11 is 0. The van der Waals surface area contributed by atoms with Gasteiger partial charge in [-0.2, -0.15) is 10.5 Å². The highest BCUT2D eigenvalue weighted by atomic mass is 15.2. The molecule has 4 aliphatic rings. The molecule has 4 aromatic carbocycles. The van der Waals surface area contributed by atoms with Crippen molar-refractivity contribution in [3.8, 4) is 23.3 Å². The molecule has 0 amide bonds. The Kier molecular flexibility index (Phi) is 5.68. The molecule has 8 rings (SSSR count). The zero-order chi connectivity index (χ0) is 29.1. The summed E-state index contributed by atoms with van der Waals surface area (Å²) in [4.78, 5) is 4.81. The van der Waals surface area contributed by atoms with E-state index in [9.17, 15) is 10.5 Å². The molecule has 0 radical (unpaired) electrons. The molecule has 0 saturated carbocycles. The summed E-state index contributed by atoms with van der Waals surface area (Å²) in [6.07, 6.45) is 15.5. The van der Waals surface area contributed by atoms with E-state index in [4.69, 9.17) is 0 Å². The van der Waals surface area contributed by atoms with Gasteiger partial charge in [0.25, 0.3) is 0 Å². The van der Waals surface area contributed by atoms with E-state index in [0.29, 0.717) is 17.0 Å². The quantitative estimate of drug-likeness (QED) is 0.237. The maximum atomic E-state index is 10.2. The van der Waals surface area contributed by atoms with Gasteiger partial charge in [-0.1, -0.05) is 72.9 Å². The van der Waals surface area contributed by atoms with E-state index >= 15 is 0 Å². The van der Waals surface area contributed by atoms with Gasteiger partial charge in [0.15, 0.2) is 0 Å². The molecule has 0 fully saturated rings. The number of nitrogens with zero attached hydrogens (tertiary/aromatic N) is 4. The van der Waals surface area contributed by atoms with Crippen LogP contribution in [0.25, 0.3) is 11.1 Å². The zero-order valence-corrected chi connectivity index (χ0v) is 24.0. The lowest BCUT2D eigenvalue weighted by atomic mass is 9.76. The van der Waals surface area contributed by atoms with Gasteiger partial charge in [-0.05, 0) is 90.6 Å². The van der Waals surface area contributed by atoms with Crippen molar-refractivity contribution in [2.45, 2.75) is 43.2 Å². The fourth-order valence-corrected chi connectivity index (χ4v) is 7.87. The van der Waals surface area contributed by atoms with E-state index < -0.39 is 0 Å². The van der Waals surface area contributed by atoms with Gasteiger partial charge >= 0.3 is 0 Å². The summed E-state index contributed by atoms with van der Waals surface area (Å²) < 4.78 is 0. The van der Waals surface area contributed by atoms with Gasteiger partial charge in [0, 0.05) is 34.6 Å². The third kappa shape index (κ3) is 3.80. The van der Waals surface area contributed by atoms with Crippen LogP contribution < -0.4 is 9.80 Å². The number of hydrogen-bond acceptors (Lipinski definition) is 4. The van der Waals surface area contributed by atoms with Crippen LogP contribution in [0.4, 0.5) is 22.7 Å². The van der Waals surface area contributed by atoms with Crippen LogP contribution >= 0.6 is 0 Å². The second-order valence-corrected chi connectivity index (χ2v) is 12.2. The predicted octanol–water partition coefficient (Wildman–Crippen LogP) is 9.17. The van der Waals surface area contributed by atoms with Gasteiger partial charge in [0.2, 0.25) is 0 Å². The van der Waals surface area contributed by atoms with Crippen molar-refractivity contribution in [2.24, 2.45) is 0 Å². The van der Waals surface area contributed by atoms with Gasteiger partial charge in [-0.25, -0.2) is 0 Å². The first-order chi connectivity index (χ1) is 21.1. The predicted molar refractivity (Wildman–Crippen MR) is 173 cm³/mol. The molecule has 0 N–H and O–H groups in total. The van der Waals surface area contributed by atoms with Gasteiger partial charge in [-0.15, -0.1) is 0 Å². The standard InChI is InChI=1S/C39H30N4/c1-39-17-9-8-13-35(39)34-12-4-7-16-38(34)43(39)31-21-27(25-41)19-29(23-31)28-18-26(24-40)20-30(22-28)42-36-14-5-2-10-32(36)33-11-3-6-15-37(33)42/h2-8,10-16,18-23,32,35-36H,9,17H2,1H3/t32?,35-,36?,39+/m0/s1. The molecule has 2 aliphatic heterocycles. The first-order valence-electron chi connectivity index (χ1n) is 15.0. The largest absolute Gasteiger partial charge is 0.334 e. The summed E-state index contributed by atoms with van der Waals surface area (Å²) in [7, 11) is 0. The third-order valence-electron chi connectivity index (χ3n) is 9.76. The number of para-hydroxylation sites is 2. The van der Waals surface area contributed by atoms with Gasteiger partial charge in [-0.3, -0.25) is 0 Å². The van der Waals surface area contributed by atoms with Crippen LogP contribution in [-0.2, 0) is 0 Å². The lowest BCUT2D eigenvalue weighted by molar-refractivity contribution is 0.398. The molecule has 4 heteroatoms. The highest BCUT2D eigenvalue weighted by Gasteiger charge is 2.48. The van der Waals surface area contributed by atoms with Crippen molar-refractivity contribution in [1.29, 1.82) is 10.5 Å². The van der Waals surface area contributed by atoms with E-state index in [0.717, 1.165) is 35.3 Å². The first-order valence-corrected chi connectivity index (χ1v) is 15.0. The van der Waals surface area contributed by atoms with Crippen molar-refractivity contribution >= 4 is 22.7 Å². The van der Waals surface area contributed by atoms with Crippen molar-refractivity contribution in [3.05, 3.63) is 144 Å². The summed E-state index contributed by atoms with van der Waals surface area (Å²) in [6, 6.07) is 34.5. The van der Waals surface area contributed by atoms with Crippen molar-refractivity contribution in [3.63, 3.8) is 0 Å². The Morgan fingerprint density at radius 1 is 0.721 bits per heavy atom. The number of benzene rings is 4. The van der Waals surface area contributed by atoms with Crippen LogP contribution in [0.2, 0.25) is 0 Å². The summed E-state index contributed by atoms with van der Waals surface area (Å²) in [5.74, 6) is 0.554. The van der Waals surface area contributed by atoms with Crippen LogP contribution in [0.3, 0.4) is 0 Å². The molecule has 2 heterocycles. The van der Waals surface area contributed by atoms with Gasteiger partial charge in [0.05, 0.1) is 34.8 Å². The fraction of sp³-hybridized carbons (Fsp3) is 0.179. The number of fused-ring (bicyclic) bond motifs is 6. The van der Waals surface area contributed by atoms with Crippen molar-refractivity contribution in [1.82, 2.24) is 0 Å². The number of allylic oxidation sites excluding steroid dienone is 3. The van der Waals surface area contributed by atoms with E-state index in [1.54, 1.807) is 0 Å². The summed E-state index contributed by atoms with van der Waals surface area (Å²) in [5, 5.41) is 20.3. The number of nitriles is 2. The first kappa shape index (κ1) is 25.4. The molecule has 4 aromatic rings. The van der Waals surface area contributed by atoms with Crippen LogP contribution in [-0.4, -0.2) is 11.6 Å². The smallest absolute Gasteiger partial charge is 0.0992 e. The molecule has 43 heavy (non-hydrogen) atoms. The molecule has 2 unspecified atom stereocenters. The van der Waals surface area contributed by atoms with E-state index in [2.05, 4.69) is 126 Å². The van der Waals surface area contributed by atoms with E-state index in [1.165, 1.54) is 22.5 Å². The van der Waals surface area contributed by atoms with E-state index in [1.807, 2.05) is 24.3 Å². The maximum Gasteiger partial charge on any atom is 0.0992 e. The van der Waals surface area contributed by atoms with Crippen LogP contribution in [0.15, 0.2) is 121 Å². The lowest BCUT2D eigenvalue weighted by Gasteiger charge is -2.42. The zero-order valence-electron chi connectivity index (χ0n) is 24.0. The van der Waals surface area contributed by atoms with Gasteiger partial charge < -0.3 is 9.80 Å². The average Bonchev–Trinajstić information content (AvgIpc) is 3.53. The highest BCUT2D eigenvalue weighted by Crippen LogP contribution is 2.56. The minimum Gasteiger partial charge on any atom is -0.334 e. The van der Waals surface area contributed by atoms with Crippen LogP contribution in [0.5, 0.6) is 0 Å². The van der Waals surface area contributed by atoms with Crippen molar-refractivity contribution in [2.75, 3.05) is 9.80 Å². The van der Waals surface area contributed by atoms with Crippen molar-refractivity contribution < 1.29 is 0 Å². The Balaban J connectivity index is 1.29.